The standard InChI is InChI=1S/C19H24N2O2/c1-13-7-6-8-14(2)17(13)20-18(22)21-19(3,4)15-9-11-16(23-5)12-10-15/h6-12H,1-5H3,(H2,20,21,22). The molecule has 0 heterocycles. The fourth-order valence-corrected chi connectivity index (χ4v) is 2.52. The molecule has 0 aromatic heterocycles. The van der Waals surface area contributed by atoms with Gasteiger partial charge in [-0.1, -0.05) is 30.3 Å². The minimum absolute atomic E-state index is 0.219. The van der Waals surface area contributed by atoms with Crippen molar-refractivity contribution in [3.8, 4) is 5.75 Å². The van der Waals surface area contributed by atoms with Gasteiger partial charge in [0.15, 0.2) is 0 Å². The van der Waals surface area contributed by atoms with Gasteiger partial charge in [-0.15, -0.1) is 0 Å². The van der Waals surface area contributed by atoms with Crippen LogP contribution < -0.4 is 15.4 Å². The van der Waals surface area contributed by atoms with Crippen molar-refractivity contribution in [1.29, 1.82) is 0 Å². The molecule has 0 aliphatic rings. The van der Waals surface area contributed by atoms with Crippen LogP contribution in [0.1, 0.15) is 30.5 Å². The molecule has 2 amide bonds. The van der Waals surface area contributed by atoms with Gasteiger partial charge in [0, 0.05) is 5.69 Å². The third-order valence-electron chi connectivity index (χ3n) is 3.96. The molecule has 122 valence electrons. The van der Waals surface area contributed by atoms with E-state index >= 15 is 0 Å². The van der Waals surface area contributed by atoms with E-state index in [9.17, 15) is 4.79 Å². The average molecular weight is 312 g/mol. The van der Waals surface area contributed by atoms with Crippen molar-refractivity contribution in [2.75, 3.05) is 12.4 Å². The summed E-state index contributed by atoms with van der Waals surface area (Å²) in [4.78, 5) is 12.4. The fraction of sp³-hybridized carbons (Fsp3) is 0.316. The van der Waals surface area contributed by atoms with Gasteiger partial charge in [0.25, 0.3) is 0 Å². The van der Waals surface area contributed by atoms with E-state index < -0.39 is 5.54 Å². The summed E-state index contributed by atoms with van der Waals surface area (Å²) in [5, 5.41) is 5.97. The van der Waals surface area contributed by atoms with Gasteiger partial charge in [0.1, 0.15) is 5.75 Å². The summed E-state index contributed by atoms with van der Waals surface area (Å²) >= 11 is 0. The lowest BCUT2D eigenvalue weighted by molar-refractivity contribution is 0.242. The zero-order valence-corrected chi connectivity index (χ0v) is 14.4. The topological polar surface area (TPSA) is 50.4 Å². The molecule has 0 atom stereocenters. The number of anilines is 1. The first-order chi connectivity index (χ1) is 10.8. The van der Waals surface area contributed by atoms with E-state index in [0.717, 1.165) is 28.1 Å². The van der Waals surface area contributed by atoms with Crippen LogP contribution in [0.25, 0.3) is 0 Å². The number of urea groups is 1. The molecule has 2 aromatic rings. The Morgan fingerprint density at radius 2 is 1.57 bits per heavy atom. The van der Waals surface area contributed by atoms with Crippen LogP contribution in [0.15, 0.2) is 42.5 Å². The first-order valence-corrected chi connectivity index (χ1v) is 7.63. The van der Waals surface area contributed by atoms with Gasteiger partial charge < -0.3 is 15.4 Å². The molecule has 0 spiro atoms. The number of nitrogens with one attached hydrogen (secondary N) is 2. The third kappa shape index (κ3) is 4.03. The molecule has 4 heteroatoms. The minimum Gasteiger partial charge on any atom is -0.497 e. The molecule has 0 unspecified atom stereocenters. The van der Waals surface area contributed by atoms with E-state index in [1.54, 1.807) is 7.11 Å². The highest BCUT2D eigenvalue weighted by molar-refractivity contribution is 5.91. The lowest BCUT2D eigenvalue weighted by atomic mass is 9.94. The number of rotatable bonds is 4. The number of benzene rings is 2. The van der Waals surface area contributed by atoms with Gasteiger partial charge in [0.05, 0.1) is 12.6 Å². The molecule has 0 saturated carbocycles. The molecule has 0 radical (unpaired) electrons. The molecule has 0 saturated heterocycles. The van der Waals surface area contributed by atoms with Crippen LogP contribution in [-0.4, -0.2) is 13.1 Å². The van der Waals surface area contributed by atoms with Gasteiger partial charge in [0.2, 0.25) is 0 Å². The fourth-order valence-electron chi connectivity index (χ4n) is 2.52. The van der Waals surface area contributed by atoms with Crippen molar-refractivity contribution >= 4 is 11.7 Å². The Morgan fingerprint density at radius 3 is 2.09 bits per heavy atom. The van der Waals surface area contributed by atoms with Crippen LogP contribution in [0, 0.1) is 13.8 Å². The van der Waals surface area contributed by atoms with Gasteiger partial charge in [-0.25, -0.2) is 4.79 Å². The maximum atomic E-state index is 12.4. The minimum atomic E-state index is -0.493. The smallest absolute Gasteiger partial charge is 0.319 e. The summed E-state index contributed by atoms with van der Waals surface area (Å²) in [5.41, 5.74) is 3.46. The highest BCUT2D eigenvalue weighted by Gasteiger charge is 2.23. The monoisotopic (exact) mass is 312 g/mol. The zero-order chi connectivity index (χ0) is 17.0. The van der Waals surface area contributed by atoms with Crippen molar-refractivity contribution in [2.45, 2.75) is 33.2 Å². The van der Waals surface area contributed by atoms with Crippen LogP contribution >= 0.6 is 0 Å². The van der Waals surface area contributed by atoms with Gasteiger partial charge in [-0.2, -0.15) is 0 Å². The van der Waals surface area contributed by atoms with Gasteiger partial charge in [-0.05, 0) is 56.5 Å². The van der Waals surface area contributed by atoms with Crippen molar-refractivity contribution in [3.63, 3.8) is 0 Å². The largest absolute Gasteiger partial charge is 0.497 e. The second-order valence-electron chi connectivity index (χ2n) is 6.20. The van der Waals surface area contributed by atoms with Crippen LogP contribution in [0.5, 0.6) is 5.75 Å². The normalized spacial score (nSPS) is 11.0. The van der Waals surface area contributed by atoms with Crippen LogP contribution in [-0.2, 0) is 5.54 Å². The number of methoxy groups -OCH3 is 1. The molecule has 4 nitrogen and oxygen atoms in total. The SMILES string of the molecule is COc1ccc(C(C)(C)NC(=O)Nc2c(C)cccc2C)cc1. The first-order valence-electron chi connectivity index (χ1n) is 7.63. The summed E-state index contributed by atoms with van der Waals surface area (Å²) in [6.07, 6.45) is 0. The second kappa shape index (κ2) is 6.73. The highest BCUT2D eigenvalue weighted by atomic mass is 16.5. The summed E-state index contributed by atoms with van der Waals surface area (Å²) < 4.78 is 5.17. The number of ether oxygens (including phenoxy) is 1. The quantitative estimate of drug-likeness (QED) is 0.881. The zero-order valence-electron chi connectivity index (χ0n) is 14.4. The Bertz CT molecular complexity index is 671. The number of aryl methyl sites for hydroxylation is 2. The van der Waals surface area contributed by atoms with E-state index in [2.05, 4.69) is 10.6 Å². The van der Waals surface area contributed by atoms with Crippen molar-refractivity contribution in [1.82, 2.24) is 5.32 Å². The number of carbonyl (C=O) groups is 1. The number of carbonyl (C=O) groups excluding carboxylic acids is 1. The molecule has 0 aliphatic heterocycles. The third-order valence-corrected chi connectivity index (χ3v) is 3.96. The van der Waals surface area contributed by atoms with E-state index in [1.807, 2.05) is 70.2 Å². The van der Waals surface area contributed by atoms with Gasteiger partial charge in [-0.3, -0.25) is 0 Å². The predicted molar refractivity (Wildman–Crippen MR) is 94.1 cm³/mol. The Balaban J connectivity index is 2.11. The molecular formula is C19H24N2O2. The summed E-state index contributed by atoms with van der Waals surface area (Å²) in [6, 6.07) is 13.4. The van der Waals surface area contributed by atoms with E-state index in [-0.39, 0.29) is 6.03 Å². The maximum absolute atomic E-state index is 12.4. The van der Waals surface area contributed by atoms with E-state index in [4.69, 9.17) is 4.74 Å². The lowest BCUT2D eigenvalue weighted by Gasteiger charge is -2.27. The van der Waals surface area contributed by atoms with Crippen LogP contribution in [0.2, 0.25) is 0 Å². The molecule has 23 heavy (non-hydrogen) atoms. The van der Waals surface area contributed by atoms with Crippen LogP contribution in [0.4, 0.5) is 10.5 Å². The second-order valence-corrected chi connectivity index (χ2v) is 6.20. The Labute approximate surface area is 137 Å². The van der Waals surface area contributed by atoms with Gasteiger partial charge >= 0.3 is 6.03 Å². The average Bonchev–Trinajstić information content (AvgIpc) is 2.51. The molecule has 2 N–H and O–H groups in total. The molecule has 0 bridgehead atoms. The van der Waals surface area contributed by atoms with Crippen molar-refractivity contribution in [3.05, 3.63) is 59.2 Å². The van der Waals surface area contributed by atoms with Crippen LogP contribution in [0.3, 0.4) is 0 Å². The lowest BCUT2D eigenvalue weighted by Crippen LogP contribution is -2.43. The number of hydrogen-bond donors (Lipinski definition) is 2. The summed E-state index contributed by atoms with van der Waals surface area (Å²) in [7, 11) is 1.64. The summed E-state index contributed by atoms with van der Waals surface area (Å²) in [5.74, 6) is 0.796. The Kier molecular flexibility index (Phi) is 4.94. The molecule has 2 aromatic carbocycles. The number of amides is 2. The van der Waals surface area contributed by atoms with E-state index in [0.29, 0.717) is 0 Å². The first kappa shape index (κ1) is 16.9. The predicted octanol–water partition coefficient (Wildman–Crippen LogP) is 4.37. The maximum Gasteiger partial charge on any atom is 0.319 e. The van der Waals surface area contributed by atoms with Crippen molar-refractivity contribution in [2.24, 2.45) is 0 Å². The number of hydrogen-bond acceptors (Lipinski definition) is 2. The summed E-state index contributed by atoms with van der Waals surface area (Å²) in [6.45, 7) is 7.91. The van der Waals surface area contributed by atoms with E-state index in [1.165, 1.54) is 0 Å². The Morgan fingerprint density at radius 1 is 1.00 bits per heavy atom. The molecule has 2 rings (SSSR count). The van der Waals surface area contributed by atoms with Crippen molar-refractivity contribution < 1.29 is 9.53 Å². The number of para-hydroxylation sites is 1. The Hall–Kier alpha value is -2.49. The molecule has 0 fully saturated rings. The molecule has 0 aliphatic carbocycles. The highest BCUT2D eigenvalue weighted by Crippen LogP contribution is 2.24. The molecular weight excluding hydrogens is 288 g/mol.